The summed E-state index contributed by atoms with van der Waals surface area (Å²) in [6.45, 7) is 0.355. The molecule has 86 valence electrons. The second kappa shape index (κ2) is 3.98. The summed E-state index contributed by atoms with van der Waals surface area (Å²) in [5, 5.41) is 0. The van der Waals surface area contributed by atoms with E-state index in [-0.39, 0.29) is 0 Å². The molecule has 1 fully saturated rings. The van der Waals surface area contributed by atoms with Gasteiger partial charge >= 0.3 is 0 Å². The molecule has 2 N–H and O–H groups in total. The molecule has 2 aliphatic rings. The third-order valence-electron chi connectivity index (χ3n) is 3.64. The van der Waals surface area contributed by atoms with Crippen molar-refractivity contribution in [3.05, 3.63) is 23.8 Å². The normalized spacial score (nSPS) is 28.1. The van der Waals surface area contributed by atoms with E-state index < -0.39 is 0 Å². The Labute approximate surface area is 95.5 Å². The molecule has 3 nitrogen and oxygen atoms in total. The number of fused-ring (bicyclic) bond motifs is 1. The number of ether oxygens (including phenoxy) is 2. The molecule has 1 aromatic carbocycles. The van der Waals surface area contributed by atoms with Crippen molar-refractivity contribution in [2.75, 3.05) is 6.79 Å². The van der Waals surface area contributed by atoms with Gasteiger partial charge in [-0.05, 0) is 49.3 Å². The molecule has 0 saturated heterocycles. The first-order chi connectivity index (χ1) is 7.83. The number of hydrogen-bond donors (Lipinski definition) is 1. The van der Waals surface area contributed by atoms with Gasteiger partial charge in [-0.15, -0.1) is 0 Å². The van der Waals surface area contributed by atoms with Gasteiger partial charge < -0.3 is 15.2 Å². The highest BCUT2D eigenvalue weighted by atomic mass is 16.7. The van der Waals surface area contributed by atoms with Crippen LogP contribution in [0.1, 0.15) is 37.2 Å². The molecule has 1 heterocycles. The first-order valence-electron chi connectivity index (χ1n) is 5.98. The second-order valence-corrected chi connectivity index (χ2v) is 4.72. The molecule has 1 aliphatic carbocycles. The second-order valence-electron chi connectivity index (χ2n) is 4.72. The van der Waals surface area contributed by atoms with Crippen LogP contribution in [0.15, 0.2) is 18.2 Å². The summed E-state index contributed by atoms with van der Waals surface area (Å²) in [5.74, 6) is 2.41. The van der Waals surface area contributed by atoms with E-state index in [1.54, 1.807) is 0 Å². The van der Waals surface area contributed by atoms with Crippen molar-refractivity contribution in [1.82, 2.24) is 0 Å². The minimum Gasteiger partial charge on any atom is -0.454 e. The van der Waals surface area contributed by atoms with Crippen molar-refractivity contribution < 1.29 is 9.47 Å². The lowest BCUT2D eigenvalue weighted by atomic mass is 9.82. The van der Waals surface area contributed by atoms with Gasteiger partial charge in [-0.3, -0.25) is 0 Å². The van der Waals surface area contributed by atoms with E-state index in [0.29, 0.717) is 18.8 Å². The highest BCUT2D eigenvalue weighted by Crippen LogP contribution is 2.38. The molecule has 3 heteroatoms. The van der Waals surface area contributed by atoms with E-state index in [9.17, 15) is 0 Å². The van der Waals surface area contributed by atoms with Crippen LogP contribution in [0.25, 0.3) is 0 Å². The SMILES string of the molecule is NC1CCC(c2ccc3c(c2)OCO3)CC1. The van der Waals surface area contributed by atoms with Crippen molar-refractivity contribution in [2.24, 2.45) is 5.73 Å². The lowest BCUT2D eigenvalue weighted by Gasteiger charge is -2.26. The summed E-state index contributed by atoms with van der Waals surface area (Å²) in [6, 6.07) is 6.72. The predicted molar refractivity (Wildman–Crippen MR) is 61.7 cm³/mol. The van der Waals surface area contributed by atoms with Gasteiger partial charge in [-0.25, -0.2) is 0 Å². The molecule has 0 bridgehead atoms. The number of benzene rings is 1. The van der Waals surface area contributed by atoms with Crippen molar-refractivity contribution in [3.63, 3.8) is 0 Å². The maximum atomic E-state index is 5.92. The molecule has 16 heavy (non-hydrogen) atoms. The third kappa shape index (κ3) is 1.76. The Morgan fingerprint density at radius 3 is 2.56 bits per heavy atom. The predicted octanol–water partition coefficient (Wildman–Crippen LogP) is 2.40. The van der Waals surface area contributed by atoms with Crippen molar-refractivity contribution in [1.29, 1.82) is 0 Å². The zero-order valence-electron chi connectivity index (χ0n) is 9.32. The Balaban J connectivity index is 1.79. The van der Waals surface area contributed by atoms with Crippen LogP contribution in [0.4, 0.5) is 0 Å². The summed E-state index contributed by atoms with van der Waals surface area (Å²) in [7, 11) is 0. The van der Waals surface area contributed by atoms with Crippen LogP contribution in [0.5, 0.6) is 11.5 Å². The molecule has 0 atom stereocenters. The summed E-state index contributed by atoms with van der Waals surface area (Å²) < 4.78 is 10.7. The van der Waals surface area contributed by atoms with Crippen molar-refractivity contribution in [2.45, 2.75) is 37.6 Å². The zero-order chi connectivity index (χ0) is 11.0. The van der Waals surface area contributed by atoms with E-state index in [2.05, 4.69) is 12.1 Å². The Morgan fingerprint density at radius 2 is 1.75 bits per heavy atom. The molecule has 1 aliphatic heterocycles. The largest absolute Gasteiger partial charge is 0.454 e. The van der Waals surface area contributed by atoms with Crippen LogP contribution >= 0.6 is 0 Å². The highest BCUT2D eigenvalue weighted by Gasteiger charge is 2.22. The molecule has 0 unspecified atom stereocenters. The van der Waals surface area contributed by atoms with Crippen molar-refractivity contribution >= 4 is 0 Å². The standard InChI is InChI=1S/C13H17NO2/c14-11-4-1-9(2-5-11)10-3-6-12-13(7-10)16-8-15-12/h3,6-7,9,11H,1-2,4-5,8,14H2. The molecule has 0 amide bonds. The maximum absolute atomic E-state index is 5.92. The number of hydrogen-bond acceptors (Lipinski definition) is 3. The van der Waals surface area contributed by atoms with Gasteiger partial charge in [0.1, 0.15) is 0 Å². The van der Waals surface area contributed by atoms with Crippen LogP contribution in [-0.4, -0.2) is 12.8 Å². The first kappa shape index (κ1) is 9.97. The Hall–Kier alpha value is -1.22. The third-order valence-corrected chi connectivity index (χ3v) is 3.64. The van der Waals surface area contributed by atoms with Crippen LogP contribution < -0.4 is 15.2 Å². The molecule has 1 aromatic rings. The summed E-state index contributed by atoms with van der Waals surface area (Å²) in [4.78, 5) is 0. The Morgan fingerprint density at radius 1 is 1.00 bits per heavy atom. The average Bonchev–Trinajstić information content (AvgIpc) is 2.77. The van der Waals surface area contributed by atoms with Gasteiger partial charge in [0.25, 0.3) is 0 Å². The van der Waals surface area contributed by atoms with E-state index in [1.165, 1.54) is 18.4 Å². The fraction of sp³-hybridized carbons (Fsp3) is 0.538. The van der Waals surface area contributed by atoms with E-state index >= 15 is 0 Å². The Bertz CT molecular complexity index is 384. The summed E-state index contributed by atoms with van der Waals surface area (Å²) in [5.41, 5.74) is 7.29. The van der Waals surface area contributed by atoms with Crippen LogP contribution in [-0.2, 0) is 0 Å². The quantitative estimate of drug-likeness (QED) is 0.788. The molecule has 0 aromatic heterocycles. The first-order valence-corrected chi connectivity index (χ1v) is 5.98. The maximum Gasteiger partial charge on any atom is 0.231 e. The lowest BCUT2D eigenvalue weighted by molar-refractivity contribution is 0.174. The molecule has 3 rings (SSSR count). The van der Waals surface area contributed by atoms with Gasteiger partial charge in [0, 0.05) is 6.04 Å². The van der Waals surface area contributed by atoms with Gasteiger partial charge in [-0.1, -0.05) is 6.07 Å². The Kier molecular flexibility index (Phi) is 2.48. The summed E-state index contributed by atoms with van der Waals surface area (Å²) in [6.07, 6.45) is 4.67. The van der Waals surface area contributed by atoms with Gasteiger partial charge in [-0.2, -0.15) is 0 Å². The molecule has 0 radical (unpaired) electrons. The molecular weight excluding hydrogens is 202 g/mol. The topological polar surface area (TPSA) is 44.5 Å². The zero-order valence-corrected chi connectivity index (χ0v) is 9.32. The minimum atomic E-state index is 0.355. The van der Waals surface area contributed by atoms with Crippen LogP contribution in [0, 0.1) is 0 Å². The fourth-order valence-electron chi connectivity index (χ4n) is 2.62. The van der Waals surface area contributed by atoms with Crippen LogP contribution in [0.3, 0.4) is 0 Å². The van der Waals surface area contributed by atoms with E-state index in [4.69, 9.17) is 15.2 Å². The van der Waals surface area contributed by atoms with Gasteiger partial charge in [0.15, 0.2) is 11.5 Å². The average molecular weight is 219 g/mol. The highest BCUT2D eigenvalue weighted by molar-refractivity contribution is 5.45. The molecule has 0 spiro atoms. The number of nitrogens with two attached hydrogens (primary N) is 1. The smallest absolute Gasteiger partial charge is 0.231 e. The van der Waals surface area contributed by atoms with Gasteiger partial charge in [0.2, 0.25) is 6.79 Å². The van der Waals surface area contributed by atoms with E-state index in [1.807, 2.05) is 6.07 Å². The number of rotatable bonds is 1. The van der Waals surface area contributed by atoms with E-state index in [0.717, 1.165) is 24.3 Å². The fourth-order valence-corrected chi connectivity index (χ4v) is 2.62. The molecular formula is C13H17NO2. The van der Waals surface area contributed by atoms with Crippen molar-refractivity contribution in [3.8, 4) is 11.5 Å². The molecule has 1 saturated carbocycles. The lowest BCUT2D eigenvalue weighted by Crippen LogP contribution is -2.25. The summed E-state index contributed by atoms with van der Waals surface area (Å²) >= 11 is 0. The minimum absolute atomic E-state index is 0.355. The van der Waals surface area contributed by atoms with Crippen LogP contribution in [0.2, 0.25) is 0 Å². The van der Waals surface area contributed by atoms with Gasteiger partial charge in [0.05, 0.1) is 0 Å². The monoisotopic (exact) mass is 219 g/mol.